The Balaban J connectivity index is 1.38. The average molecular weight is 563 g/mol. The van der Waals surface area contributed by atoms with Gasteiger partial charge in [-0.25, -0.2) is 9.59 Å². The van der Waals surface area contributed by atoms with Gasteiger partial charge < -0.3 is 43.7 Å². The summed E-state index contributed by atoms with van der Waals surface area (Å²) in [4.78, 5) is 26.3. The van der Waals surface area contributed by atoms with Gasteiger partial charge in [0.1, 0.15) is 36.1 Å². The number of fused-ring (bicyclic) bond motifs is 1. The molecular weight excluding hydrogens is 524 g/mol. The highest BCUT2D eigenvalue weighted by atomic mass is 16.7. The maximum Gasteiger partial charge on any atom is 0.338 e. The average Bonchev–Trinajstić information content (AvgIpc) is 3.81. The molecule has 220 valence electrons. The summed E-state index contributed by atoms with van der Waals surface area (Å²) in [5.74, 6) is -1.23. The van der Waals surface area contributed by atoms with E-state index in [4.69, 9.17) is 28.4 Å². The van der Waals surface area contributed by atoms with Gasteiger partial charge in [-0.2, -0.15) is 0 Å². The van der Waals surface area contributed by atoms with Crippen LogP contribution in [0.25, 0.3) is 0 Å². The Hall–Kier alpha value is -2.12. The number of ether oxygens (including phenoxy) is 6. The lowest BCUT2D eigenvalue weighted by molar-refractivity contribution is -0.239. The maximum absolute atomic E-state index is 13.3. The molecule has 3 saturated heterocycles. The summed E-state index contributed by atoms with van der Waals surface area (Å²) in [7, 11) is 0. The molecule has 6 rings (SSSR count). The fourth-order valence-electron chi connectivity index (χ4n) is 7.38. The molecule has 40 heavy (non-hydrogen) atoms. The minimum atomic E-state index is -1.22. The molecule has 0 radical (unpaired) electrons. The molecule has 6 aliphatic rings. The molecule has 4 heterocycles. The number of hydrogen-bond acceptors (Lipinski definition) is 11. The van der Waals surface area contributed by atoms with Gasteiger partial charge >= 0.3 is 11.9 Å². The molecule has 11 heteroatoms. The van der Waals surface area contributed by atoms with Gasteiger partial charge in [-0.15, -0.1) is 0 Å². The number of carbonyl (C=O) groups is 2. The van der Waals surface area contributed by atoms with E-state index >= 15 is 0 Å². The lowest BCUT2D eigenvalue weighted by Gasteiger charge is -2.58. The highest BCUT2D eigenvalue weighted by molar-refractivity contribution is 5.82. The Bertz CT molecular complexity index is 1160. The first-order chi connectivity index (χ1) is 18.9. The van der Waals surface area contributed by atoms with Crippen LogP contribution in [0.3, 0.4) is 0 Å². The highest BCUT2D eigenvalue weighted by Crippen LogP contribution is 2.72. The van der Waals surface area contributed by atoms with E-state index in [0.717, 1.165) is 5.57 Å². The van der Waals surface area contributed by atoms with Gasteiger partial charge in [0.25, 0.3) is 0 Å². The van der Waals surface area contributed by atoms with Gasteiger partial charge in [-0.3, -0.25) is 0 Å². The van der Waals surface area contributed by atoms with Crippen LogP contribution in [0.1, 0.15) is 40.5 Å². The third-order valence-corrected chi connectivity index (χ3v) is 10.3. The van der Waals surface area contributed by atoms with Gasteiger partial charge in [0, 0.05) is 17.9 Å². The summed E-state index contributed by atoms with van der Waals surface area (Å²) in [6, 6.07) is 0. The first-order valence-corrected chi connectivity index (χ1v) is 13.9. The summed E-state index contributed by atoms with van der Waals surface area (Å²) >= 11 is 0. The normalized spacial score (nSPS) is 52.6. The maximum atomic E-state index is 13.3. The first kappa shape index (κ1) is 28.0. The van der Waals surface area contributed by atoms with Crippen LogP contribution in [-0.4, -0.2) is 107 Å². The number of hydrogen-bond donors (Lipinski definition) is 3. The summed E-state index contributed by atoms with van der Waals surface area (Å²) in [6.45, 7) is 7.03. The molecule has 3 N–H and O–H groups in total. The molecule has 0 aromatic heterocycles. The predicted octanol–water partition coefficient (Wildman–Crippen LogP) is 0.496. The second kappa shape index (κ2) is 9.45. The van der Waals surface area contributed by atoms with Crippen molar-refractivity contribution >= 4 is 11.9 Å². The number of aliphatic hydroxyl groups is 3. The lowest BCUT2D eigenvalue weighted by atomic mass is 9.51. The first-order valence-electron chi connectivity index (χ1n) is 13.9. The Kier molecular flexibility index (Phi) is 6.62. The Morgan fingerprint density at radius 1 is 1.10 bits per heavy atom. The number of epoxide rings is 2. The van der Waals surface area contributed by atoms with E-state index in [-0.39, 0.29) is 25.7 Å². The van der Waals surface area contributed by atoms with Crippen molar-refractivity contribution in [3.8, 4) is 0 Å². The molecule has 4 aliphatic heterocycles. The minimum Gasteiger partial charge on any atom is -0.463 e. The van der Waals surface area contributed by atoms with Gasteiger partial charge in [-0.1, -0.05) is 31.2 Å². The van der Waals surface area contributed by atoms with Crippen LogP contribution < -0.4 is 0 Å². The molecule has 4 fully saturated rings. The Morgan fingerprint density at radius 2 is 1.85 bits per heavy atom. The molecule has 12 atom stereocenters. The molecule has 2 bridgehead atoms. The largest absolute Gasteiger partial charge is 0.463 e. The molecular formula is C29H38O11. The number of rotatable bonds is 1. The van der Waals surface area contributed by atoms with Crippen LogP contribution in [-0.2, 0) is 38.0 Å². The number of carbonyl (C=O) groups excluding carboxylic acids is 2. The summed E-state index contributed by atoms with van der Waals surface area (Å²) < 4.78 is 35.9. The van der Waals surface area contributed by atoms with Crippen LogP contribution in [0, 0.1) is 10.8 Å². The molecule has 0 aromatic rings. The van der Waals surface area contributed by atoms with Crippen molar-refractivity contribution in [2.75, 3.05) is 19.8 Å². The third kappa shape index (κ3) is 3.97. The van der Waals surface area contributed by atoms with E-state index < -0.39 is 76.7 Å². The fraction of sp³-hybridized carbons (Fsp3) is 0.724. The molecule has 2 aliphatic carbocycles. The van der Waals surface area contributed by atoms with E-state index in [1.807, 2.05) is 19.9 Å². The predicted molar refractivity (Wildman–Crippen MR) is 137 cm³/mol. The Labute approximate surface area is 232 Å². The second-order valence-corrected chi connectivity index (χ2v) is 12.5. The molecule has 1 saturated carbocycles. The van der Waals surface area contributed by atoms with Gasteiger partial charge in [0.15, 0.2) is 6.10 Å². The molecule has 2 spiro atoms. The third-order valence-electron chi connectivity index (χ3n) is 10.3. The van der Waals surface area contributed by atoms with Crippen LogP contribution in [0.2, 0.25) is 0 Å². The van der Waals surface area contributed by atoms with E-state index in [1.54, 1.807) is 26.0 Å². The van der Waals surface area contributed by atoms with Crippen molar-refractivity contribution in [2.45, 2.75) is 101 Å². The number of aliphatic hydroxyl groups excluding tert-OH is 3. The molecule has 11 nitrogen and oxygen atoms in total. The monoisotopic (exact) mass is 562 g/mol. The van der Waals surface area contributed by atoms with E-state index in [1.165, 1.54) is 12.2 Å². The minimum absolute atomic E-state index is 0.134. The van der Waals surface area contributed by atoms with Gasteiger partial charge in [-0.05, 0) is 32.8 Å². The Morgan fingerprint density at radius 3 is 2.55 bits per heavy atom. The van der Waals surface area contributed by atoms with Gasteiger partial charge in [0.2, 0.25) is 0 Å². The molecule has 0 aromatic carbocycles. The summed E-state index contributed by atoms with van der Waals surface area (Å²) in [6.07, 6.45) is 2.24. The van der Waals surface area contributed by atoms with Crippen molar-refractivity contribution < 1.29 is 53.3 Å². The van der Waals surface area contributed by atoms with Crippen LogP contribution in [0.4, 0.5) is 0 Å². The summed E-state index contributed by atoms with van der Waals surface area (Å²) in [5.41, 5.74) is -3.03. The zero-order valence-electron chi connectivity index (χ0n) is 23.1. The zero-order chi connectivity index (χ0) is 28.7. The molecule has 0 unspecified atom stereocenters. The van der Waals surface area contributed by atoms with E-state index in [0.29, 0.717) is 13.0 Å². The highest BCUT2D eigenvalue weighted by Gasteiger charge is 2.83. The number of esters is 2. The van der Waals surface area contributed by atoms with Crippen LogP contribution in [0.5, 0.6) is 0 Å². The van der Waals surface area contributed by atoms with E-state index in [2.05, 4.69) is 0 Å². The molecule has 0 amide bonds. The zero-order valence-corrected chi connectivity index (χ0v) is 23.1. The van der Waals surface area contributed by atoms with Crippen molar-refractivity contribution in [1.29, 1.82) is 0 Å². The smallest absolute Gasteiger partial charge is 0.338 e. The van der Waals surface area contributed by atoms with Crippen molar-refractivity contribution in [1.82, 2.24) is 0 Å². The number of allylic oxidation sites excluding steroid dienone is 2. The van der Waals surface area contributed by atoms with Crippen molar-refractivity contribution in [3.05, 3.63) is 36.0 Å². The second-order valence-electron chi connectivity index (χ2n) is 12.5. The summed E-state index contributed by atoms with van der Waals surface area (Å²) in [5, 5.41) is 31.9. The van der Waals surface area contributed by atoms with Gasteiger partial charge in [0.05, 0.1) is 43.0 Å². The fourth-order valence-corrected chi connectivity index (χ4v) is 7.38. The standard InChI is InChI=1S/C29H38O11/c1-15-9-21-28(11-17(15)31)13-36-25(34)24-26(3,40-24)19(32)12-35-18(16(2)30)7-5-6-8-23(33)39-20-10-22(38-21)29(14-37-29)27(20,28)4/h5-9,16-22,24,30-32H,10-14H2,1-4H3/b7-5+,8-6-/t16-,17+,18+,19-,20+,21-,22-,24-,26+,27+,28-,29-/m1/s1. The lowest BCUT2D eigenvalue weighted by Crippen LogP contribution is -2.68. The van der Waals surface area contributed by atoms with Crippen LogP contribution >= 0.6 is 0 Å². The van der Waals surface area contributed by atoms with Crippen LogP contribution in [0.15, 0.2) is 36.0 Å². The van der Waals surface area contributed by atoms with Crippen molar-refractivity contribution in [3.63, 3.8) is 0 Å². The van der Waals surface area contributed by atoms with E-state index in [9.17, 15) is 24.9 Å². The quantitative estimate of drug-likeness (QED) is 0.232. The number of cyclic esters (lactones) is 1. The van der Waals surface area contributed by atoms with Crippen molar-refractivity contribution in [2.24, 2.45) is 10.8 Å². The SMILES string of the molecule is CC1=C[C@H]2O[C@@H]3C[C@@H]4OC(=O)/C=C\C=C\[C@@H]([C@@H](C)O)OC[C@@H](O)[C@]5(C)O[C@@H]5C(=O)OC[C@@]2(C[C@@H]1O)[C@@]4(C)[C@@]31CO1. The topological polar surface area (TPSA) is 157 Å².